The minimum Gasteiger partial charge on any atom is -0.379 e. The van der Waals surface area contributed by atoms with Crippen LogP contribution < -0.4 is 5.32 Å². The number of anilines is 1. The summed E-state index contributed by atoms with van der Waals surface area (Å²) in [5, 5.41) is 1.48. The van der Waals surface area contributed by atoms with Crippen LogP contribution in [0.2, 0.25) is 0 Å². The zero-order valence-electron chi connectivity index (χ0n) is 14.2. The molecule has 0 radical (unpaired) electrons. The maximum Gasteiger partial charge on any atom is 0.322 e. The molecule has 2 aliphatic heterocycles. The largest absolute Gasteiger partial charge is 0.379 e. The van der Waals surface area contributed by atoms with Gasteiger partial charge in [0.15, 0.2) is 0 Å². The third-order valence-corrected chi connectivity index (χ3v) is 6.92. The number of morpholine rings is 1. The van der Waals surface area contributed by atoms with Gasteiger partial charge in [-0.25, -0.2) is 22.0 Å². The van der Waals surface area contributed by atoms with Crippen molar-refractivity contribution in [2.45, 2.75) is 18.1 Å². The number of benzene rings is 1. The fraction of sp³-hybridized carbons (Fsp3) is 0.562. The van der Waals surface area contributed by atoms with E-state index >= 15 is 0 Å². The summed E-state index contributed by atoms with van der Waals surface area (Å²) in [6, 6.07) is 2.57. The van der Waals surface area contributed by atoms with Crippen LogP contribution in [0.15, 0.2) is 18.2 Å². The molecule has 7 nitrogen and oxygen atoms in total. The second-order valence-corrected chi connectivity index (χ2v) is 8.51. The summed E-state index contributed by atoms with van der Waals surface area (Å²) in [7, 11) is -3.56. The summed E-state index contributed by atoms with van der Waals surface area (Å²) in [6.45, 7) is 1.61. The molecule has 0 aliphatic carbocycles. The summed E-state index contributed by atoms with van der Waals surface area (Å²) >= 11 is 0. The normalized spacial score (nSPS) is 22.2. The van der Waals surface area contributed by atoms with Gasteiger partial charge >= 0.3 is 6.03 Å². The molecule has 10 heteroatoms. The van der Waals surface area contributed by atoms with Crippen molar-refractivity contribution in [3.05, 3.63) is 29.8 Å². The minimum absolute atomic E-state index is 0.0123. The third kappa shape index (κ3) is 3.97. The SMILES string of the molecule is O=C(Nc1c(F)cccc1F)N1CCC[C@@H](S(=O)(=O)N2CCOCC2)C1. The van der Waals surface area contributed by atoms with Gasteiger partial charge in [0.1, 0.15) is 17.3 Å². The van der Waals surface area contributed by atoms with E-state index in [4.69, 9.17) is 4.74 Å². The average molecular weight is 389 g/mol. The van der Waals surface area contributed by atoms with E-state index < -0.39 is 38.6 Å². The van der Waals surface area contributed by atoms with Crippen LogP contribution in [-0.4, -0.2) is 68.3 Å². The first-order valence-corrected chi connectivity index (χ1v) is 9.96. The topological polar surface area (TPSA) is 79.0 Å². The van der Waals surface area contributed by atoms with Gasteiger partial charge in [0.05, 0.1) is 18.5 Å². The van der Waals surface area contributed by atoms with E-state index in [9.17, 15) is 22.0 Å². The number of hydrogen-bond acceptors (Lipinski definition) is 4. The molecule has 0 unspecified atom stereocenters. The molecule has 2 amide bonds. The second kappa shape index (κ2) is 7.85. The fourth-order valence-electron chi connectivity index (χ4n) is 3.18. The first-order valence-electron chi connectivity index (χ1n) is 8.46. The Labute approximate surface area is 151 Å². The maximum absolute atomic E-state index is 13.7. The van der Waals surface area contributed by atoms with E-state index in [1.165, 1.54) is 15.3 Å². The van der Waals surface area contributed by atoms with Crippen molar-refractivity contribution in [2.24, 2.45) is 0 Å². The van der Waals surface area contributed by atoms with Crippen LogP contribution in [-0.2, 0) is 14.8 Å². The van der Waals surface area contributed by atoms with E-state index in [0.29, 0.717) is 45.7 Å². The Morgan fingerprint density at radius 1 is 1.15 bits per heavy atom. The number of sulfonamides is 1. The molecule has 0 aromatic heterocycles. The molecule has 0 saturated carbocycles. The summed E-state index contributed by atoms with van der Waals surface area (Å²) in [5.41, 5.74) is -0.532. The van der Waals surface area contributed by atoms with Crippen molar-refractivity contribution in [1.29, 1.82) is 0 Å². The lowest BCUT2D eigenvalue weighted by atomic mass is 10.1. The molecule has 1 aromatic rings. The van der Waals surface area contributed by atoms with Crippen LogP contribution in [0.1, 0.15) is 12.8 Å². The molecule has 144 valence electrons. The Morgan fingerprint density at radius 2 is 1.81 bits per heavy atom. The number of para-hydroxylation sites is 1. The van der Waals surface area contributed by atoms with Crippen molar-refractivity contribution in [2.75, 3.05) is 44.7 Å². The van der Waals surface area contributed by atoms with Crippen molar-refractivity contribution < 1.29 is 26.7 Å². The first-order chi connectivity index (χ1) is 12.4. The van der Waals surface area contributed by atoms with Crippen LogP contribution >= 0.6 is 0 Å². The fourth-order valence-corrected chi connectivity index (χ4v) is 5.09. The standard InChI is InChI=1S/C16H21F2N3O4S/c17-13-4-1-5-14(18)15(13)19-16(22)20-6-2-3-12(11-20)26(23,24)21-7-9-25-10-8-21/h1,4-5,12H,2-3,6-11H2,(H,19,22)/t12-/m1/s1. The van der Waals surface area contributed by atoms with Crippen molar-refractivity contribution in [1.82, 2.24) is 9.21 Å². The van der Waals surface area contributed by atoms with Gasteiger partial charge in [-0.05, 0) is 25.0 Å². The number of amides is 2. The number of urea groups is 1. The van der Waals surface area contributed by atoms with Crippen LogP contribution in [0, 0.1) is 11.6 Å². The van der Waals surface area contributed by atoms with Gasteiger partial charge < -0.3 is 15.0 Å². The number of ether oxygens (including phenoxy) is 1. The predicted octanol–water partition coefficient (Wildman–Crippen LogP) is 1.62. The highest BCUT2D eigenvalue weighted by Gasteiger charge is 2.37. The molecule has 0 bridgehead atoms. The zero-order valence-corrected chi connectivity index (χ0v) is 15.0. The third-order valence-electron chi connectivity index (χ3n) is 4.61. The minimum atomic E-state index is -3.56. The van der Waals surface area contributed by atoms with E-state index in [1.807, 2.05) is 0 Å². The smallest absolute Gasteiger partial charge is 0.322 e. The summed E-state index contributed by atoms with van der Waals surface area (Å²) < 4.78 is 59.5. The van der Waals surface area contributed by atoms with E-state index in [2.05, 4.69) is 5.32 Å². The number of nitrogens with zero attached hydrogens (tertiary/aromatic N) is 2. The number of halogens is 2. The molecular formula is C16H21F2N3O4S. The molecule has 1 atom stereocenters. The molecule has 2 aliphatic rings. The van der Waals surface area contributed by atoms with Gasteiger partial charge in [-0.2, -0.15) is 4.31 Å². The van der Waals surface area contributed by atoms with Crippen LogP contribution in [0.25, 0.3) is 0 Å². The number of piperidine rings is 1. The Balaban J connectivity index is 1.69. The number of rotatable bonds is 3. The van der Waals surface area contributed by atoms with Gasteiger partial charge in [-0.15, -0.1) is 0 Å². The Bertz CT molecular complexity index is 749. The molecule has 1 N–H and O–H groups in total. The summed E-state index contributed by atoms with van der Waals surface area (Å²) in [4.78, 5) is 13.7. The average Bonchev–Trinajstić information content (AvgIpc) is 2.65. The molecule has 26 heavy (non-hydrogen) atoms. The van der Waals surface area contributed by atoms with Crippen molar-refractivity contribution in [3.63, 3.8) is 0 Å². The lowest BCUT2D eigenvalue weighted by Crippen LogP contribution is -2.52. The molecule has 0 spiro atoms. The highest BCUT2D eigenvalue weighted by Crippen LogP contribution is 2.23. The van der Waals surface area contributed by atoms with Gasteiger partial charge in [0.2, 0.25) is 10.0 Å². The van der Waals surface area contributed by atoms with E-state index in [1.54, 1.807) is 0 Å². The molecule has 3 rings (SSSR count). The lowest BCUT2D eigenvalue weighted by molar-refractivity contribution is 0.0721. The van der Waals surface area contributed by atoms with Gasteiger partial charge in [-0.1, -0.05) is 6.07 Å². The monoisotopic (exact) mass is 389 g/mol. The molecule has 1 aromatic carbocycles. The van der Waals surface area contributed by atoms with Crippen molar-refractivity contribution >= 4 is 21.7 Å². The van der Waals surface area contributed by atoms with Crippen LogP contribution in [0.4, 0.5) is 19.3 Å². The lowest BCUT2D eigenvalue weighted by Gasteiger charge is -2.36. The Morgan fingerprint density at radius 3 is 2.46 bits per heavy atom. The van der Waals surface area contributed by atoms with Crippen LogP contribution in [0.5, 0.6) is 0 Å². The zero-order chi connectivity index (χ0) is 18.7. The molecule has 2 fully saturated rings. The van der Waals surface area contributed by atoms with Gasteiger partial charge in [0.25, 0.3) is 0 Å². The molecular weight excluding hydrogens is 368 g/mol. The maximum atomic E-state index is 13.7. The van der Waals surface area contributed by atoms with Gasteiger partial charge in [0, 0.05) is 26.2 Å². The number of likely N-dealkylation sites (tertiary alicyclic amines) is 1. The van der Waals surface area contributed by atoms with E-state index in [0.717, 1.165) is 12.1 Å². The number of hydrogen-bond donors (Lipinski definition) is 1. The molecule has 2 heterocycles. The number of carbonyl (C=O) groups is 1. The summed E-state index contributed by atoms with van der Waals surface area (Å²) in [6.07, 6.45) is 0.943. The predicted molar refractivity (Wildman–Crippen MR) is 91.3 cm³/mol. The van der Waals surface area contributed by atoms with E-state index in [-0.39, 0.29) is 6.54 Å². The first kappa shape index (κ1) is 19.0. The summed E-state index contributed by atoms with van der Waals surface area (Å²) in [5.74, 6) is -1.76. The van der Waals surface area contributed by atoms with Crippen LogP contribution in [0.3, 0.4) is 0 Å². The highest BCUT2D eigenvalue weighted by molar-refractivity contribution is 7.89. The second-order valence-electron chi connectivity index (χ2n) is 6.29. The Kier molecular flexibility index (Phi) is 5.73. The van der Waals surface area contributed by atoms with Crippen molar-refractivity contribution in [3.8, 4) is 0 Å². The molecule has 2 saturated heterocycles. The quantitative estimate of drug-likeness (QED) is 0.852. The Hall–Kier alpha value is -1.78. The van der Waals surface area contributed by atoms with Gasteiger partial charge in [-0.3, -0.25) is 0 Å². The number of nitrogens with one attached hydrogen (secondary N) is 1. The number of carbonyl (C=O) groups excluding carboxylic acids is 1. The highest BCUT2D eigenvalue weighted by atomic mass is 32.2.